The minimum atomic E-state index is -0.602. The Morgan fingerprint density at radius 1 is 1.27 bits per heavy atom. The monoisotopic (exact) mass is 390 g/mol. The summed E-state index contributed by atoms with van der Waals surface area (Å²) in [4.78, 5) is 36.3. The molecule has 26 heavy (non-hydrogen) atoms. The Labute approximate surface area is 157 Å². The molecule has 0 aliphatic heterocycles. The first kappa shape index (κ1) is 18.2. The van der Waals surface area contributed by atoms with Crippen LogP contribution in [-0.4, -0.2) is 15.1 Å². The van der Waals surface area contributed by atoms with E-state index < -0.39 is 17.2 Å². The standard InChI is InChI=1S/C18H15ClN2O4S/c1-20-9-11(17(23)21(2)18(20)24)7-8-15(22)25-10-14-16(19)12-5-3-4-6-13(12)26-14/h3-9H,10H2,1-2H3/b8-7+. The van der Waals surface area contributed by atoms with Crippen LogP contribution in [0.2, 0.25) is 5.02 Å². The van der Waals surface area contributed by atoms with Crippen molar-refractivity contribution in [2.75, 3.05) is 0 Å². The van der Waals surface area contributed by atoms with Crippen LogP contribution < -0.4 is 11.2 Å². The Kier molecular flexibility index (Phi) is 5.11. The molecule has 0 unspecified atom stereocenters. The number of thiophene rings is 1. The smallest absolute Gasteiger partial charge is 0.331 e. The Morgan fingerprint density at radius 3 is 2.73 bits per heavy atom. The molecule has 8 heteroatoms. The molecule has 2 aromatic heterocycles. The van der Waals surface area contributed by atoms with Crippen LogP contribution >= 0.6 is 22.9 Å². The van der Waals surface area contributed by atoms with Gasteiger partial charge in [-0.15, -0.1) is 11.3 Å². The van der Waals surface area contributed by atoms with E-state index in [0.717, 1.165) is 25.6 Å². The van der Waals surface area contributed by atoms with Gasteiger partial charge in [-0.1, -0.05) is 29.8 Å². The predicted molar refractivity (Wildman–Crippen MR) is 103 cm³/mol. The minimum Gasteiger partial charge on any atom is -0.457 e. The first-order valence-electron chi connectivity index (χ1n) is 7.66. The number of hydrogen-bond donors (Lipinski definition) is 0. The number of rotatable bonds is 4. The third kappa shape index (κ3) is 3.49. The third-order valence-electron chi connectivity index (χ3n) is 3.82. The normalized spacial score (nSPS) is 11.3. The van der Waals surface area contributed by atoms with Crippen LogP contribution in [0.15, 0.2) is 46.1 Å². The zero-order chi connectivity index (χ0) is 18.8. The second-order valence-electron chi connectivity index (χ2n) is 5.62. The van der Waals surface area contributed by atoms with Gasteiger partial charge in [0.1, 0.15) is 6.61 Å². The van der Waals surface area contributed by atoms with Crippen molar-refractivity contribution in [3.05, 3.63) is 72.8 Å². The van der Waals surface area contributed by atoms with Gasteiger partial charge in [-0.2, -0.15) is 0 Å². The molecule has 0 radical (unpaired) electrons. The highest BCUT2D eigenvalue weighted by Gasteiger charge is 2.11. The van der Waals surface area contributed by atoms with E-state index >= 15 is 0 Å². The van der Waals surface area contributed by atoms with E-state index in [0.29, 0.717) is 5.02 Å². The summed E-state index contributed by atoms with van der Waals surface area (Å²) in [6.45, 7) is 0.0483. The van der Waals surface area contributed by atoms with Crippen LogP contribution in [0.4, 0.5) is 0 Å². The summed E-state index contributed by atoms with van der Waals surface area (Å²) in [6, 6.07) is 7.68. The molecule has 0 saturated carbocycles. The highest BCUT2D eigenvalue weighted by atomic mass is 35.5. The Balaban J connectivity index is 1.73. The maximum Gasteiger partial charge on any atom is 0.331 e. The average Bonchev–Trinajstić information content (AvgIpc) is 2.96. The Morgan fingerprint density at radius 2 is 2.00 bits per heavy atom. The molecule has 0 aliphatic rings. The van der Waals surface area contributed by atoms with Crippen LogP contribution in [0.5, 0.6) is 0 Å². The zero-order valence-electron chi connectivity index (χ0n) is 14.1. The van der Waals surface area contributed by atoms with Crippen LogP contribution in [0, 0.1) is 0 Å². The fraction of sp³-hybridized carbons (Fsp3) is 0.167. The fourth-order valence-electron chi connectivity index (χ4n) is 2.45. The van der Waals surface area contributed by atoms with Crippen molar-refractivity contribution >= 4 is 45.1 Å². The molecule has 0 atom stereocenters. The summed E-state index contributed by atoms with van der Waals surface area (Å²) in [7, 11) is 2.91. The maximum atomic E-state index is 12.0. The quantitative estimate of drug-likeness (QED) is 0.507. The largest absolute Gasteiger partial charge is 0.457 e. The number of carbonyl (C=O) groups is 1. The molecule has 134 valence electrons. The Bertz CT molecular complexity index is 1140. The molecule has 6 nitrogen and oxygen atoms in total. The lowest BCUT2D eigenvalue weighted by Crippen LogP contribution is -2.37. The van der Waals surface area contributed by atoms with E-state index in [9.17, 15) is 14.4 Å². The summed E-state index contributed by atoms with van der Waals surface area (Å²) in [5.41, 5.74) is -0.703. The van der Waals surface area contributed by atoms with Crippen molar-refractivity contribution in [2.24, 2.45) is 14.1 Å². The van der Waals surface area contributed by atoms with Crippen molar-refractivity contribution in [3.63, 3.8) is 0 Å². The van der Waals surface area contributed by atoms with Crippen molar-refractivity contribution in [3.8, 4) is 0 Å². The number of ether oxygens (including phenoxy) is 1. The number of benzene rings is 1. The number of nitrogens with zero attached hydrogens (tertiary/aromatic N) is 2. The molecule has 3 rings (SSSR count). The number of esters is 1. The first-order chi connectivity index (χ1) is 12.4. The summed E-state index contributed by atoms with van der Waals surface area (Å²) < 4.78 is 8.47. The van der Waals surface area contributed by atoms with Crippen LogP contribution in [0.3, 0.4) is 0 Å². The second-order valence-corrected chi connectivity index (χ2v) is 7.13. The van der Waals surface area contributed by atoms with Crippen LogP contribution in [0.25, 0.3) is 16.2 Å². The number of fused-ring (bicyclic) bond motifs is 1. The van der Waals surface area contributed by atoms with Gasteiger partial charge in [0.05, 0.1) is 15.5 Å². The molecule has 0 N–H and O–H groups in total. The van der Waals surface area contributed by atoms with Crippen LogP contribution in [0.1, 0.15) is 10.4 Å². The molecule has 3 aromatic rings. The lowest BCUT2D eigenvalue weighted by atomic mass is 10.2. The fourth-order valence-corrected chi connectivity index (χ4v) is 3.85. The van der Waals surface area contributed by atoms with Crippen molar-refractivity contribution in [1.29, 1.82) is 0 Å². The lowest BCUT2D eigenvalue weighted by Gasteiger charge is -2.03. The highest BCUT2D eigenvalue weighted by molar-refractivity contribution is 7.19. The molecular weight excluding hydrogens is 376 g/mol. The molecule has 0 fully saturated rings. The van der Waals surface area contributed by atoms with Gasteiger partial charge in [-0.25, -0.2) is 9.59 Å². The molecule has 0 spiro atoms. The maximum absolute atomic E-state index is 12.0. The zero-order valence-corrected chi connectivity index (χ0v) is 15.6. The number of aromatic nitrogens is 2. The van der Waals surface area contributed by atoms with Gasteiger partial charge in [0.15, 0.2) is 0 Å². The van der Waals surface area contributed by atoms with Gasteiger partial charge in [-0.3, -0.25) is 9.36 Å². The molecule has 0 aliphatic carbocycles. The molecule has 0 bridgehead atoms. The van der Waals surface area contributed by atoms with Gasteiger partial charge >= 0.3 is 11.7 Å². The van der Waals surface area contributed by atoms with Gasteiger partial charge < -0.3 is 9.30 Å². The second kappa shape index (κ2) is 7.31. The SMILES string of the molecule is Cn1cc(/C=C/C(=O)OCc2sc3ccccc3c2Cl)c(=O)n(C)c1=O. The summed E-state index contributed by atoms with van der Waals surface area (Å²) in [5, 5.41) is 1.50. The molecule has 0 amide bonds. The molecule has 0 saturated heterocycles. The number of halogens is 1. The van der Waals surface area contributed by atoms with E-state index in [2.05, 4.69) is 0 Å². The summed E-state index contributed by atoms with van der Waals surface area (Å²) in [5.74, 6) is -0.602. The van der Waals surface area contributed by atoms with Gasteiger partial charge in [0.25, 0.3) is 5.56 Å². The van der Waals surface area contributed by atoms with Gasteiger partial charge in [-0.05, 0) is 12.1 Å². The average molecular weight is 391 g/mol. The first-order valence-corrected chi connectivity index (χ1v) is 8.85. The van der Waals surface area contributed by atoms with Crippen molar-refractivity contribution in [1.82, 2.24) is 9.13 Å². The topological polar surface area (TPSA) is 70.3 Å². The third-order valence-corrected chi connectivity index (χ3v) is 5.51. The van der Waals surface area contributed by atoms with Crippen molar-refractivity contribution in [2.45, 2.75) is 6.61 Å². The summed E-state index contributed by atoms with van der Waals surface area (Å²) in [6.07, 6.45) is 3.86. The van der Waals surface area contributed by atoms with Gasteiger partial charge in [0, 0.05) is 36.5 Å². The summed E-state index contributed by atoms with van der Waals surface area (Å²) >= 11 is 7.77. The number of hydrogen-bond acceptors (Lipinski definition) is 5. The predicted octanol–water partition coefficient (Wildman–Crippen LogP) is 2.71. The number of carbonyl (C=O) groups excluding carboxylic acids is 1. The molecular formula is C18H15ClN2O4S. The van der Waals surface area contributed by atoms with E-state index in [1.807, 2.05) is 24.3 Å². The van der Waals surface area contributed by atoms with Crippen molar-refractivity contribution < 1.29 is 9.53 Å². The number of aryl methyl sites for hydroxylation is 1. The lowest BCUT2D eigenvalue weighted by molar-refractivity contribution is -0.138. The van der Waals surface area contributed by atoms with E-state index in [1.165, 1.54) is 42.3 Å². The van der Waals surface area contributed by atoms with E-state index in [4.69, 9.17) is 16.3 Å². The minimum absolute atomic E-state index is 0.0483. The van der Waals surface area contributed by atoms with Gasteiger partial charge in [0.2, 0.25) is 0 Å². The van der Waals surface area contributed by atoms with Crippen LogP contribution in [-0.2, 0) is 30.2 Å². The molecule has 1 aromatic carbocycles. The molecule has 2 heterocycles. The van der Waals surface area contributed by atoms with E-state index in [1.54, 1.807) is 0 Å². The Hall–Kier alpha value is -2.64. The van der Waals surface area contributed by atoms with E-state index in [-0.39, 0.29) is 12.2 Å². The highest BCUT2D eigenvalue weighted by Crippen LogP contribution is 2.35.